The maximum Gasteiger partial charge on any atom is 0.317 e. The van der Waals surface area contributed by atoms with Crippen molar-refractivity contribution >= 4 is 6.03 Å². The van der Waals surface area contributed by atoms with Gasteiger partial charge in [-0.15, -0.1) is 0 Å². The monoisotopic (exact) mass is 348 g/mol. The van der Waals surface area contributed by atoms with Crippen molar-refractivity contribution in [1.29, 1.82) is 0 Å². The molecule has 0 radical (unpaired) electrons. The van der Waals surface area contributed by atoms with Crippen molar-refractivity contribution in [3.63, 3.8) is 0 Å². The van der Waals surface area contributed by atoms with E-state index in [2.05, 4.69) is 29.4 Å². The molecule has 6 nitrogen and oxygen atoms in total. The number of amides is 2. The fourth-order valence-corrected chi connectivity index (χ4v) is 4.12. The van der Waals surface area contributed by atoms with Crippen LogP contribution in [0.25, 0.3) is 0 Å². The van der Waals surface area contributed by atoms with Crippen molar-refractivity contribution in [3.05, 3.63) is 18.0 Å². The van der Waals surface area contributed by atoms with Crippen molar-refractivity contribution in [2.75, 3.05) is 32.8 Å². The molecular weight excluding hydrogens is 316 g/mol. The predicted molar refractivity (Wildman–Crippen MR) is 97.5 cm³/mol. The van der Waals surface area contributed by atoms with Gasteiger partial charge in [-0.2, -0.15) is 5.10 Å². The SMILES string of the molecule is CC(C)(CNC(=O)N1CCC(c2ccn[nH]2)CC1)CC1CCOCC1. The van der Waals surface area contributed by atoms with E-state index in [0.29, 0.717) is 5.92 Å². The number of aromatic amines is 1. The Bertz CT molecular complexity index is 530. The second-order valence-corrected chi connectivity index (χ2v) is 8.36. The van der Waals surface area contributed by atoms with Gasteiger partial charge in [-0.25, -0.2) is 4.79 Å². The van der Waals surface area contributed by atoms with Crippen LogP contribution >= 0.6 is 0 Å². The van der Waals surface area contributed by atoms with E-state index in [1.807, 2.05) is 11.0 Å². The molecule has 2 N–H and O–H groups in total. The van der Waals surface area contributed by atoms with Crippen LogP contribution in [-0.4, -0.2) is 54.0 Å². The molecule has 25 heavy (non-hydrogen) atoms. The van der Waals surface area contributed by atoms with Gasteiger partial charge < -0.3 is 15.0 Å². The van der Waals surface area contributed by atoms with Crippen molar-refractivity contribution in [1.82, 2.24) is 20.4 Å². The standard InChI is InChI=1S/C19H32N4O2/c1-19(2,13-15-6-11-25-12-7-15)14-20-18(24)23-9-4-16(5-10-23)17-3-8-21-22-17/h3,8,15-16H,4-7,9-14H2,1-2H3,(H,20,24)(H,21,22). The fraction of sp³-hybridized carbons (Fsp3) is 0.789. The molecule has 0 spiro atoms. The normalized spacial score (nSPS) is 20.6. The highest BCUT2D eigenvalue weighted by Crippen LogP contribution is 2.31. The number of aromatic nitrogens is 2. The topological polar surface area (TPSA) is 70.2 Å². The number of nitrogens with zero attached hydrogens (tertiary/aromatic N) is 2. The molecule has 3 heterocycles. The maximum absolute atomic E-state index is 12.5. The zero-order chi connectivity index (χ0) is 17.7. The Morgan fingerprint density at radius 1 is 1.32 bits per heavy atom. The molecule has 140 valence electrons. The van der Waals surface area contributed by atoms with Crippen LogP contribution in [0.15, 0.2) is 12.3 Å². The van der Waals surface area contributed by atoms with E-state index in [9.17, 15) is 4.79 Å². The van der Waals surface area contributed by atoms with Gasteiger partial charge in [-0.1, -0.05) is 13.8 Å². The molecule has 0 atom stereocenters. The Morgan fingerprint density at radius 2 is 2.04 bits per heavy atom. The molecule has 0 aromatic carbocycles. The number of carbonyl (C=O) groups excluding carboxylic acids is 1. The summed E-state index contributed by atoms with van der Waals surface area (Å²) in [7, 11) is 0. The van der Waals surface area contributed by atoms with Crippen molar-refractivity contribution in [2.45, 2.75) is 51.9 Å². The van der Waals surface area contributed by atoms with Crippen LogP contribution in [0.3, 0.4) is 0 Å². The summed E-state index contributed by atoms with van der Waals surface area (Å²) in [6, 6.07) is 2.13. The largest absolute Gasteiger partial charge is 0.381 e. The Balaban J connectivity index is 1.40. The first-order valence-electron chi connectivity index (χ1n) is 9.63. The third-order valence-corrected chi connectivity index (χ3v) is 5.64. The molecule has 1 aromatic rings. The van der Waals surface area contributed by atoms with E-state index < -0.39 is 0 Å². The summed E-state index contributed by atoms with van der Waals surface area (Å²) in [5, 5.41) is 10.3. The molecule has 2 saturated heterocycles. The second-order valence-electron chi connectivity index (χ2n) is 8.36. The second kappa shape index (κ2) is 8.21. The average Bonchev–Trinajstić information content (AvgIpc) is 3.15. The minimum atomic E-state index is 0.0862. The summed E-state index contributed by atoms with van der Waals surface area (Å²) in [4.78, 5) is 14.5. The molecule has 6 heteroatoms. The minimum Gasteiger partial charge on any atom is -0.381 e. The first-order chi connectivity index (χ1) is 12.0. The number of carbonyl (C=O) groups is 1. The lowest BCUT2D eigenvalue weighted by Gasteiger charge is -2.34. The first kappa shape index (κ1) is 18.2. The first-order valence-corrected chi connectivity index (χ1v) is 9.63. The van der Waals surface area contributed by atoms with E-state index in [4.69, 9.17) is 4.74 Å². The predicted octanol–water partition coefficient (Wildman–Crippen LogP) is 3.14. The van der Waals surface area contributed by atoms with E-state index in [0.717, 1.165) is 70.9 Å². The molecule has 0 saturated carbocycles. The van der Waals surface area contributed by atoms with Gasteiger partial charge in [-0.3, -0.25) is 5.10 Å². The number of ether oxygens (including phenoxy) is 1. The van der Waals surface area contributed by atoms with Crippen LogP contribution in [-0.2, 0) is 4.74 Å². The number of piperidine rings is 1. The molecule has 2 fully saturated rings. The van der Waals surface area contributed by atoms with E-state index >= 15 is 0 Å². The molecule has 0 aliphatic carbocycles. The summed E-state index contributed by atoms with van der Waals surface area (Å²) in [5.74, 6) is 1.22. The lowest BCUT2D eigenvalue weighted by molar-refractivity contribution is 0.0512. The maximum atomic E-state index is 12.5. The van der Waals surface area contributed by atoms with Gasteiger partial charge in [0.25, 0.3) is 0 Å². The van der Waals surface area contributed by atoms with Crippen LogP contribution in [0, 0.1) is 11.3 Å². The van der Waals surface area contributed by atoms with Gasteiger partial charge in [0.15, 0.2) is 0 Å². The van der Waals surface area contributed by atoms with Crippen LogP contribution in [0.5, 0.6) is 0 Å². The Morgan fingerprint density at radius 3 is 2.68 bits per heavy atom. The van der Waals surface area contributed by atoms with Crippen LogP contribution in [0.2, 0.25) is 0 Å². The van der Waals surface area contributed by atoms with Gasteiger partial charge in [0.05, 0.1) is 0 Å². The van der Waals surface area contributed by atoms with Gasteiger partial charge in [-0.05, 0) is 49.5 Å². The molecule has 3 rings (SSSR count). The number of hydrogen-bond donors (Lipinski definition) is 2. The molecule has 2 aliphatic rings. The summed E-state index contributed by atoms with van der Waals surface area (Å²) in [6.45, 7) is 8.66. The summed E-state index contributed by atoms with van der Waals surface area (Å²) < 4.78 is 5.44. The molecular formula is C19H32N4O2. The van der Waals surface area contributed by atoms with Gasteiger partial charge >= 0.3 is 6.03 Å². The number of H-pyrrole nitrogens is 1. The van der Waals surface area contributed by atoms with Crippen LogP contribution in [0.4, 0.5) is 4.79 Å². The van der Waals surface area contributed by atoms with Crippen molar-refractivity contribution < 1.29 is 9.53 Å². The Kier molecular flexibility index (Phi) is 5.99. The molecule has 0 bridgehead atoms. The number of nitrogens with one attached hydrogen (secondary N) is 2. The third kappa shape index (κ3) is 5.21. The zero-order valence-corrected chi connectivity index (χ0v) is 15.6. The van der Waals surface area contributed by atoms with Gasteiger partial charge in [0.2, 0.25) is 0 Å². The highest BCUT2D eigenvalue weighted by atomic mass is 16.5. The van der Waals surface area contributed by atoms with Gasteiger partial charge in [0, 0.05) is 50.7 Å². The smallest absolute Gasteiger partial charge is 0.317 e. The fourth-order valence-electron chi connectivity index (χ4n) is 4.12. The third-order valence-electron chi connectivity index (χ3n) is 5.64. The average molecular weight is 348 g/mol. The summed E-state index contributed by atoms with van der Waals surface area (Å²) >= 11 is 0. The van der Waals surface area contributed by atoms with Crippen LogP contribution in [0.1, 0.15) is 57.6 Å². The van der Waals surface area contributed by atoms with Crippen molar-refractivity contribution in [3.8, 4) is 0 Å². The molecule has 0 unspecified atom stereocenters. The van der Waals surface area contributed by atoms with Gasteiger partial charge in [0.1, 0.15) is 0 Å². The van der Waals surface area contributed by atoms with Crippen LogP contribution < -0.4 is 5.32 Å². The minimum absolute atomic E-state index is 0.0862. The molecule has 2 aliphatic heterocycles. The van der Waals surface area contributed by atoms with E-state index in [-0.39, 0.29) is 11.4 Å². The highest BCUT2D eigenvalue weighted by Gasteiger charge is 2.28. The number of urea groups is 1. The molecule has 2 amide bonds. The quantitative estimate of drug-likeness (QED) is 0.859. The zero-order valence-electron chi connectivity index (χ0n) is 15.6. The number of rotatable bonds is 5. The number of likely N-dealkylation sites (tertiary alicyclic amines) is 1. The Labute approximate surface area is 150 Å². The highest BCUT2D eigenvalue weighted by molar-refractivity contribution is 5.74. The lowest BCUT2D eigenvalue weighted by atomic mass is 9.80. The summed E-state index contributed by atoms with van der Waals surface area (Å²) in [5.41, 5.74) is 1.32. The summed E-state index contributed by atoms with van der Waals surface area (Å²) in [6.07, 6.45) is 7.26. The lowest BCUT2D eigenvalue weighted by Crippen LogP contribution is -2.46. The van der Waals surface area contributed by atoms with E-state index in [1.54, 1.807) is 6.20 Å². The molecule has 1 aromatic heterocycles. The van der Waals surface area contributed by atoms with Crippen molar-refractivity contribution in [2.24, 2.45) is 11.3 Å². The number of hydrogen-bond acceptors (Lipinski definition) is 3. The van der Waals surface area contributed by atoms with E-state index in [1.165, 1.54) is 5.69 Å². The Hall–Kier alpha value is -1.56.